The van der Waals surface area contributed by atoms with Gasteiger partial charge >= 0.3 is 6.03 Å². The second-order valence-electron chi connectivity index (χ2n) is 10.9. The van der Waals surface area contributed by atoms with Gasteiger partial charge in [0.25, 0.3) is 11.9 Å². The highest BCUT2D eigenvalue weighted by Crippen LogP contribution is 2.30. The summed E-state index contributed by atoms with van der Waals surface area (Å²) in [6.45, 7) is 5.49. The molecule has 6 rings (SSSR count). The quantitative estimate of drug-likeness (QED) is 0.308. The summed E-state index contributed by atoms with van der Waals surface area (Å²) in [4.78, 5) is 40.6. The fourth-order valence-corrected chi connectivity index (χ4v) is 5.61. The van der Waals surface area contributed by atoms with E-state index in [9.17, 15) is 14.0 Å². The normalized spacial score (nSPS) is 17.1. The van der Waals surface area contributed by atoms with E-state index < -0.39 is 5.82 Å². The molecule has 4 aromatic rings. The first kappa shape index (κ1) is 28.2. The maximum atomic E-state index is 13.9. The maximum Gasteiger partial charge on any atom is 0.322 e. The molecule has 10 nitrogen and oxygen atoms in total. The van der Waals surface area contributed by atoms with E-state index in [0.717, 1.165) is 31.7 Å². The van der Waals surface area contributed by atoms with Gasteiger partial charge in [0, 0.05) is 45.2 Å². The first-order valence-electron chi connectivity index (χ1n) is 14.5. The number of anilines is 4. The molecular formula is C32H34FN7O3. The van der Waals surface area contributed by atoms with Crippen molar-refractivity contribution >= 4 is 35.1 Å². The highest BCUT2D eigenvalue weighted by molar-refractivity contribution is 6.03. The number of aromatic nitrogens is 2. The number of oxazole rings is 1. The Kier molecular flexibility index (Phi) is 8.21. The zero-order chi connectivity index (χ0) is 29.8. The van der Waals surface area contributed by atoms with Crippen LogP contribution >= 0.6 is 0 Å². The molecule has 1 atom stereocenters. The van der Waals surface area contributed by atoms with Crippen molar-refractivity contribution < 1.29 is 18.4 Å². The van der Waals surface area contributed by atoms with E-state index in [0.29, 0.717) is 49.5 Å². The topological polar surface area (TPSA) is 107 Å². The number of nitrogens with zero attached hydrogens (tertiary/aromatic N) is 5. The van der Waals surface area contributed by atoms with Gasteiger partial charge in [-0.3, -0.25) is 4.79 Å². The minimum Gasteiger partial charge on any atom is -0.418 e. The van der Waals surface area contributed by atoms with Crippen molar-refractivity contribution in [3.63, 3.8) is 0 Å². The summed E-state index contributed by atoms with van der Waals surface area (Å²) in [5, 5.41) is 5.49. The van der Waals surface area contributed by atoms with E-state index in [1.54, 1.807) is 36.2 Å². The van der Waals surface area contributed by atoms with Gasteiger partial charge in [0.2, 0.25) is 5.76 Å². The van der Waals surface area contributed by atoms with Crippen LogP contribution in [0.3, 0.4) is 0 Å². The molecule has 2 saturated heterocycles. The SMILES string of the molecule is Cc1nc(N2CCCC(c3ccccc3)C2)oc1C(=O)Nc1ccc(N2CCN(C(=O)Nc3ccccc3F)CC2)nc1. The molecule has 0 radical (unpaired) electrons. The van der Waals surface area contributed by atoms with Gasteiger partial charge < -0.3 is 29.8 Å². The summed E-state index contributed by atoms with van der Waals surface area (Å²) in [5.74, 6) is 0.470. The van der Waals surface area contributed by atoms with Crippen LogP contribution in [0, 0.1) is 12.7 Å². The van der Waals surface area contributed by atoms with Crippen LogP contribution < -0.4 is 20.4 Å². The summed E-state index contributed by atoms with van der Waals surface area (Å²) in [6, 6.07) is 20.3. The van der Waals surface area contributed by atoms with Gasteiger partial charge in [-0.05, 0) is 49.6 Å². The average molecular weight is 584 g/mol. The number of hydrogen-bond acceptors (Lipinski definition) is 7. The summed E-state index contributed by atoms with van der Waals surface area (Å²) >= 11 is 0. The number of nitrogens with one attached hydrogen (secondary N) is 2. The molecule has 2 fully saturated rings. The van der Waals surface area contributed by atoms with Crippen LogP contribution in [-0.4, -0.2) is 66.1 Å². The molecule has 1 unspecified atom stereocenters. The number of aryl methyl sites for hydroxylation is 1. The lowest BCUT2D eigenvalue weighted by Crippen LogP contribution is -2.50. The van der Waals surface area contributed by atoms with Gasteiger partial charge in [-0.2, -0.15) is 4.98 Å². The monoisotopic (exact) mass is 583 g/mol. The van der Waals surface area contributed by atoms with Crippen LogP contribution in [0.15, 0.2) is 77.3 Å². The van der Waals surface area contributed by atoms with Crippen molar-refractivity contribution in [1.29, 1.82) is 0 Å². The van der Waals surface area contributed by atoms with Crippen LogP contribution in [0.5, 0.6) is 0 Å². The van der Waals surface area contributed by atoms with E-state index >= 15 is 0 Å². The first-order chi connectivity index (χ1) is 20.9. The van der Waals surface area contributed by atoms with Crippen molar-refractivity contribution in [2.45, 2.75) is 25.7 Å². The van der Waals surface area contributed by atoms with E-state index in [4.69, 9.17) is 4.42 Å². The first-order valence-corrected chi connectivity index (χ1v) is 14.5. The molecule has 11 heteroatoms. The number of hydrogen-bond donors (Lipinski definition) is 2. The highest BCUT2D eigenvalue weighted by Gasteiger charge is 2.27. The third-order valence-corrected chi connectivity index (χ3v) is 7.97. The summed E-state index contributed by atoms with van der Waals surface area (Å²) in [7, 11) is 0. The molecule has 0 saturated carbocycles. The molecule has 0 aliphatic carbocycles. The molecule has 0 spiro atoms. The Morgan fingerprint density at radius 3 is 2.42 bits per heavy atom. The molecule has 43 heavy (non-hydrogen) atoms. The number of piperazine rings is 1. The predicted molar refractivity (Wildman–Crippen MR) is 163 cm³/mol. The van der Waals surface area contributed by atoms with E-state index in [2.05, 4.69) is 54.7 Å². The molecule has 0 bridgehead atoms. The third-order valence-electron chi connectivity index (χ3n) is 7.97. The molecular weight excluding hydrogens is 549 g/mol. The Morgan fingerprint density at radius 1 is 0.907 bits per heavy atom. The number of piperidine rings is 1. The number of para-hydroxylation sites is 1. The summed E-state index contributed by atoms with van der Waals surface area (Å²) < 4.78 is 19.9. The summed E-state index contributed by atoms with van der Waals surface area (Å²) in [5.41, 5.74) is 2.54. The molecule has 2 aliphatic heterocycles. The maximum absolute atomic E-state index is 13.9. The van der Waals surface area contributed by atoms with Crippen molar-refractivity contribution in [1.82, 2.24) is 14.9 Å². The number of carbonyl (C=O) groups excluding carboxylic acids is 2. The van der Waals surface area contributed by atoms with Gasteiger partial charge in [0.1, 0.15) is 11.6 Å². The number of rotatable bonds is 6. The lowest BCUT2D eigenvalue weighted by atomic mass is 9.91. The Morgan fingerprint density at radius 2 is 1.67 bits per heavy atom. The van der Waals surface area contributed by atoms with Crippen LogP contribution in [0.25, 0.3) is 0 Å². The summed E-state index contributed by atoms with van der Waals surface area (Å²) in [6.07, 6.45) is 3.74. The van der Waals surface area contributed by atoms with Crippen LogP contribution in [-0.2, 0) is 0 Å². The number of benzene rings is 2. The van der Waals surface area contributed by atoms with Gasteiger partial charge in [-0.15, -0.1) is 0 Å². The lowest BCUT2D eigenvalue weighted by Gasteiger charge is -2.35. The minimum atomic E-state index is -0.469. The second-order valence-corrected chi connectivity index (χ2v) is 10.9. The third kappa shape index (κ3) is 6.45. The Hall–Kier alpha value is -4.93. The zero-order valence-electron chi connectivity index (χ0n) is 24.0. The average Bonchev–Trinajstić information content (AvgIpc) is 3.45. The van der Waals surface area contributed by atoms with Crippen LogP contribution in [0.2, 0.25) is 0 Å². The van der Waals surface area contributed by atoms with E-state index in [1.165, 1.54) is 17.7 Å². The Bertz CT molecular complexity index is 1570. The van der Waals surface area contributed by atoms with Gasteiger partial charge in [-0.25, -0.2) is 14.2 Å². The standard InChI is InChI=1S/C32H34FN7O3/c1-22-29(43-32(35-22)40-15-7-10-24(21-40)23-8-3-2-4-9-23)30(41)36-25-13-14-28(34-20-25)38-16-18-39(19-17-38)31(42)37-27-12-6-5-11-26(27)33/h2-6,8-9,11-14,20,24H,7,10,15-19,21H2,1H3,(H,36,41)(H,37,42). The molecule has 222 valence electrons. The minimum absolute atomic E-state index is 0.161. The molecule has 2 aromatic carbocycles. The molecule has 2 N–H and O–H groups in total. The van der Waals surface area contributed by atoms with Crippen molar-refractivity contribution in [2.75, 3.05) is 59.7 Å². The molecule has 2 aromatic heterocycles. The van der Waals surface area contributed by atoms with E-state index in [-0.39, 0.29) is 23.4 Å². The van der Waals surface area contributed by atoms with Gasteiger partial charge in [0.15, 0.2) is 0 Å². The number of urea groups is 1. The number of halogens is 1. The smallest absolute Gasteiger partial charge is 0.322 e. The Labute approximate surface area is 249 Å². The van der Waals surface area contributed by atoms with Gasteiger partial charge in [0.05, 0.1) is 23.3 Å². The van der Waals surface area contributed by atoms with Crippen molar-refractivity contribution in [3.05, 3.63) is 95.8 Å². The lowest BCUT2D eigenvalue weighted by molar-refractivity contribution is 0.0996. The molecule has 4 heterocycles. The fourth-order valence-electron chi connectivity index (χ4n) is 5.61. The second kappa shape index (κ2) is 12.5. The Balaban J connectivity index is 1.02. The van der Waals surface area contributed by atoms with E-state index in [1.807, 2.05) is 12.1 Å². The number of amides is 3. The zero-order valence-corrected chi connectivity index (χ0v) is 24.0. The van der Waals surface area contributed by atoms with Crippen molar-refractivity contribution in [3.8, 4) is 0 Å². The fraction of sp³-hybridized carbons (Fsp3) is 0.312. The van der Waals surface area contributed by atoms with Crippen LogP contribution in [0.1, 0.15) is 40.6 Å². The number of pyridine rings is 1. The van der Waals surface area contributed by atoms with Crippen molar-refractivity contribution in [2.24, 2.45) is 0 Å². The molecule has 3 amide bonds. The van der Waals surface area contributed by atoms with Crippen LogP contribution in [0.4, 0.5) is 32.4 Å². The van der Waals surface area contributed by atoms with Gasteiger partial charge in [-0.1, -0.05) is 42.5 Å². The highest BCUT2D eigenvalue weighted by atomic mass is 19.1. The predicted octanol–water partition coefficient (Wildman–Crippen LogP) is 5.51. The largest absolute Gasteiger partial charge is 0.418 e. The number of carbonyl (C=O) groups is 2. The molecule has 2 aliphatic rings.